The molecule has 1 aliphatic heterocycles. The predicted molar refractivity (Wildman–Crippen MR) is 90.7 cm³/mol. The molecule has 8 heteroatoms. The van der Waals surface area contributed by atoms with Crippen molar-refractivity contribution in [1.29, 1.82) is 0 Å². The van der Waals surface area contributed by atoms with E-state index in [-0.39, 0.29) is 5.76 Å². The first kappa shape index (κ1) is 16.5. The lowest BCUT2D eigenvalue weighted by Gasteiger charge is -2.17. The molecule has 7 nitrogen and oxygen atoms in total. The van der Waals surface area contributed by atoms with Gasteiger partial charge in [0.15, 0.2) is 5.76 Å². The van der Waals surface area contributed by atoms with E-state index >= 15 is 0 Å². The number of nitrogens with two attached hydrogens (primary N) is 1. The standard InChI is InChI=1S/C16H19N3O4S/c1-11-10-14(24(17,21)22)23-15(11)16(20)18-12-4-6-13(7-5-12)19-8-2-3-9-19/h4-7,10H,2-3,8-9H2,1H3,(H,18,20)(H2,17,21,22). The van der Waals surface area contributed by atoms with Gasteiger partial charge < -0.3 is 14.6 Å². The molecule has 1 aromatic carbocycles. The van der Waals surface area contributed by atoms with Crippen molar-refractivity contribution in [2.24, 2.45) is 5.14 Å². The highest BCUT2D eigenvalue weighted by molar-refractivity contribution is 7.89. The first-order valence-corrected chi connectivity index (χ1v) is 9.19. The van der Waals surface area contributed by atoms with E-state index in [1.54, 1.807) is 6.92 Å². The van der Waals surface area contributed by atoms with Crippen LogP contribution >= 0.6 is 0 Å². The molecule has 1 saturated heterocycles. The van der Waals surface area contributed by atoms with Crippen LogP contribution in [0.1, 0.15) is 29.0 Å². The summed E-state index contributed by atoms with van der Waals surface area (Å²) in [5.41, 5.74) is 2.14. The monoisotopic (exact) mass is 349 g/mol. The number of furan rings is 1. The fourth-order valence-corrected chi connectivity index (χ4v) is 3.28. The summed E-state index contributed by atoms with van der Waals surface area (Å²) in [6, 6.07) is 8.76. The molecule has 0 spiro atoms. The SMILES string of the molecule is Cc1cc(S(N)(=O)=O)oc1C(=O)Nc1ccc(N2CCCC2)cc1. The largest absolute Gasteiger partial charge is 0.438 e. The van der Waals surface area contributed by atoms with Crippen molar-refractivity contribution in [3.05, 3.63) is 41.7 Å². The van der Waals surface area contributed by atoms with Gasteiger partial charge in [0.05, 0.1) is 0 Å². The minimum Gasteiger partial charge on any atom is -0.438 e. The third kappa shape index (κ3) is 3.44. The van der Waals surface area contributed by atoms with Crippen molar-refractivity contribution >= 4 is 27.3 Å². The molecule has 0 aliphatic carbocycles. The highest BCUT2D eigenvalue weighted by Crippen LogP contribution is 2.23. The number of carbonyl (C=O) groups is 1. The van der Waals surface area contributed by atoms with Gasteiger partial charge in [0, 0.05) is 36.1 Å². The van der Waals surface area contributed by atoms with Crippen molar-refractivity contribution in [1.82, 2.24) is 0 Å². The lowest BCUT2D eigenvalue weighted by atomic mass is 10.2. The summed E-state index contributed by atoms with van der Waals surface area (Å²) in [4.78, 5) is 14.6. The Labute approximate surface area is 140 Å². The van der Waals surface area contributed by atoms with Gasteiger partial charge >= 0.3 is 0 Å². The fraction of sp³-hybridized carbons (Fsp3) is 0.312. The van der Waals surface area contributed by atoms with Crippen molar-refractivity contribution < 1.29 is 17.6 Å². The number of hydrogen-bond acceptors (Lipinski definition) is 5. The smallest absolute Gasteiger partial charge is 0.291 e. The predicted octanol–water partition coefficient (Wildman–Crippen LogP) is 2.09. The Kier molecular flexibility index (Phi) is 4.33. The Hall–Kier alpha value is -2.32. The number of rotatable bonds is 4. The van der Waals surface area contributed by atoms with Crippen molar-refractivity contribution in [2.45, 2.75) is 24.9 Å². The van der Waals surface area contributed by atoms with Gasteiger partial charge in [0.25, 0.3) is 15.9 Å². The van der Waals surface area contributed by atoms with Crippen LogP contribution in [0.3, 0.4) is 0 Å². The molecule has 1 aromatic heterocycles. The number of nitrogens with one attached hydrogen (secondary N) is 1. The van der Waals surface area contributed by atoms with Crippen LogP contribution in [-0.2, 0) is 10.0 Å². The third-order valence-corrected chi connectivity index (χ3v) is 4.74. The van der Waals surface area contributed by atoms with Gasteiger partial charge in [-0.05, 0) is 44.0 Å². The number of aryl methyl sites for hydroxylation is 1. The molecule has 0 bridgehead atoms. The van der Waals surface area contributed by atoms with Crippen LogP contribution in [0.15, 0.2) is 39.8 Å². The molecule has 3 rings (SSSR count). The minimum atomic E-state index is -3.98. The van der Waals surface area contributed by atoms with E-state index in [9.17, 15) is 13.2 Å². The Bertz CT molecular complexity index is 850. The van der Waals surface area contributed by atoms with Gasteiger partial charge in [-0.15, -0.1) is 0 Å². The summed E-state index contributed by atoms with van der Waals surface area (Å²) in [5, 5.41) is 7.28. The molecule has 0 radical (unpaired) electrons. The second-order valence-corrected chi connectivity index (χ2v) is 7.31. The molecule has 0 atom stereocenters. The zero-order valence-corrected chi connectivity index (χ0v) is 14.1. The number of primary sulfonamides is 1. The van der Waals surface area contributed by atoms with Crippen LogP contribution in [-0.4, -0.2) is 27.4 Å². The maximum atomic E-state index is 12.3. The van der Waals surface area contributed by atoms with E-state index < -0.39 is 21.0 Å². The maximum Gasteiger partial charge on any atom is 0.291 e. The summed E-state index contributed by atoms with van der Waals surface area (Å²) in [6.45, 7) is 3.69. The Morgan fingerprint density at radius 2 is 1.83 bits per heavy atom. The number of carbonyl (C=O) groups excluding carboxylic acids is 1. The van der Waals surface area contributed by atoms with Gasteiger partial charge in [0.1, 0.15) is 0 Å². The molecule has 0 unspecified atom stereocenters. The summed E-state index contributed by atoms with van der Waals surface area (Å²) in [7, 11) is -3.98. The Balaban J connectivity index is 1.74. The van der Waals surface area contributed by atoms with Gasteiger partial charge in [-0.3, -0.25) is 4.79 Å². The minimum absolute atomic E-state index is 0.0670. The molecule has 24 heavy (non-hydrogen) atoms. The first-order valence-electron chi connectivity index (χ1n) is 7.64. The molecule has 1 amide bonds. The topological polar surface area (TPSA) is 106 Å². The summed E-state index contributed by atoms with van der Waals surface area (Å²) in [5.74, 6) is -0.584. The Morgan fingerprint density at radius 1 is 1.21 bits per heavy atom. The third-order valence-electron chi connectivity index (χ3n) is 3.98. The lowest BCUT2D eigenvalue weighted by molar-refractivity contribution is 0.0991. The number of sulfonamides is 1. The molecule has 3 N–H and O–H groups in total. The first-order chi connectivity index (χ1) is 11.3. The summed E-state index contributed by atoms with van der Waals surface area (Å²) in [6.07, 6.45) is 2.39. The highest BCUT2D eigenvalue weighted by atomic mass is 32.2. The van der Waals surface area contributed by atoms with Crippen molar-refractivity contribution in [3.8, 4) is 0 Å². The van der Waals surface area contributed by atoms with E-state index in [2.05, 4.69) is 10.2 Å². The number of nitrogens with zero attached hydrogens (tertiary/aromatic N) is 1. The molecule has 128 valence electrons. The summed E-state index contributed by atoms with van der Waals surface area (Å²) >= 11 is 0. The maximum absolute atomic E-state index is 12.3. The molecular formula is C16H19N3O4S. The van der Waals surface area contributed by atoms with Crippen LogP contribution < -0.4 is 15.4 Å². The zero-order valence-electron chi connectivity index (χ0n) is 13.3. The van der Waals surface area contributed by atoms with E-state index in [4.69, 9.17) is 9.56 Å². The van der Waals surface area contributed by atoms with Crippen LogP contribution in [0.2, 0.25) is 0 Å². The van der Waals surface area contributed by atoms with Gasteiger partial charge in [0.2, 0.25) is 5.09 Å². The molecule has 2 heterocycles. The van der Waals surface area contributed by atoms with Crippen molar-refractivity contribution in [2.75, 3.05) is 23.3 Å². The van der Waals surface area contributed by atoms with Crippen LogP contribution in [0, 0.1) is 6.92 Å². The van der Waals surface area contributed by atoms with Crippen molar-refractivity contribution in [3.63, 3.8) is 0 Å². The molecular weight excluding hydrogens is 330 g/mol. The van der Waals surface area contributed by atoms with Gasteiger partial charge in [-0.2, -0.15) is 0 Å². The zero-order chi connectivity index (χ0) is 17.3. The quantitative estimate of drug-likeness (QED) is 0.879. The van der Waals surface area contributed by atoms with Crippen LogP contribution in [0.5, 0.6) is 0 Å². The Morgan fingerprint density at radius 3 is 2.38 bits per heavy atom. The second kappa shape index (κ2) is 6.29. The average molecular weight is 349 g/mol. The van der Waals surface area contributed by atoms with Gasteiger partial charge in [-0.1, -0.05) is 0 Å². The molecule has 0 saturated carbocycles. The van der Waals surface area contributed by atoms with E-state index in [1.165, 1.54) is 18.9 Å². The molecule has 1 aliphatic rings. The number of anilines is 2. The van der Waals surface area contributed by atoms with E-state index in [0.29, 0.717) is 11.3 Å². The summed E-state index contributed by atoms with van der Waals surface area (Å²) < 4.78 is 27.7. The lowest BCUT2D eigenvalue weighted by Crippen LogP contribution is -2.17. The number of hydrogen-bond donors (Lipinski definition) is 2. The second-order valence-electron chi connectivity index (χ2n) is 5.82. The van der Waals surface area contributed by atoms with E-state index in [0.717, 1.165) is 18.8 Å². The van der Waals surface area contributed by atoms with E-state index in [1.807, 2.05) is 24.3 Å². The average Bonchev–Trinajstić information content (AvgIpc) is 3.16. The van der Waals surface area contributed by atoms with Crippen LogP contribution in [0.4, 0.5) is 11.4 Å². The van der Waals surface area contributed by atoms with Crippen LogP contribution in [0.25, 0.3) is 0 Å². The fourth-order valence-electron chi connectivity index (χ4n) is 2.74. The highest BCUT2D eigenvalue weighted by Gasteiger charge is 2.21. The molecule has 2 aromatic rings. The molecule has 1 fully saturated rings. The normalized spacial score (nSPS) is 14.8. The number of benzene rings is 1. The van der Waals surface area contributed by atoms with Gasteiger partial charge in [-0.25, -0.2) is 13.6 Å². The number of amides is 1.